The lowest BCUT2D eigenvalue weighted by molar-refractivity contribution is -0.115. The number of fused-ring (bicyclic) bond motifs is 2. The molecule has 1 amide bonds. The number of carbonyl (C=O) groups excluding carboxylic acids is 1. The van der Waals surface area contributed by atoms with E-state index in [2.05, 4.69) is 35.6 Å². The van der Waals surface area contributed by atoms with Crippen molar-refractivity contribution in [1.29, 1.82) is 0 Å². The van der Waals surface area contributed by atoms with Gasteiger partial charge >= 0.3 is 0 Å². The van der Waals surface area contributed by atoms with Crippen LogP contribution in [-0.4, -0.2) is 52.5 Å². The van der Waals surface area contributed by atoms with Crippen molar-refractivity contribution in [2.75, 3.05) is 28.2 Å². The molecule has 1 aromatic carbocycles. The second kappa shape index (κ2) is 7.27. The molecule has 0 aliphatic carbocycles. The largest absolute Gasteiger partial charge is 0.338 e. The first-order valence-corrected chi connectivity index (χ1v) is 11.4. The van der Waals surface area contributed by atoms with Crippen molar-refractivity contribution in [1.82, 2.24) is 24.9 Å². The van der Waals surface area contributed by atoms with Crippen LogP contribution in [0.5, 0.6) is 0 Å². The van der Waals surface area contributed by atoms with Crippen molar-refractivity contribution in [2.45, 2.75) is 6.42 Å². The second-order valence-electron chi connectivity index (χ2n) is 7.33. The van der Waals surface area contributed by atoms with E-state index in [9.17, 15) is 13.2 Å². The van der Waals surface area contributed by atoms with Gasteiger partial charge in [-0.05, 0) is 35.9 Å². The maximum atomic E-state index is 12.0. The summed E-state index contributed by atoms with van der Waals surface area (Å²) < 4.78 is 25.2. The van der Waals surface area contributed by atoms with Gasteiger partial charge in [0.15, 0.2) is 17.3 Å². The Hall–Kier alpha value is -4.06. The molecular formula is C20H18N8O3S. The third-order valence-electron chi connectivity index (χ3n) is 5.12. The lowest BCUT2D eigenvalue weighted by Crippen LogP contribution is -2.26. The minimum absolute atomic E-state index is 0.0360. The first kappa shape index (κ1) is 19.9. The Labute approximate surface area is 183 Å². The first-order valence-electron chi connectivity index (χ1n) is 9.59. The highest BCUT2D eigenvalue weighted by Crippen LogP contribution is 2.32. The normalized spacial score (nSPS) is 13.1. The van der Waals surface area contributed by atoms with E-state index < -0.39 is 10.0 Å². The molecule has 11 nitrogen and oxygen atoms in total. The third-order valence-corrected chi connectivity index (χ3v) is 6.29. The summed E-state index contributed by atoms with van der Waals surface area (Å²) >= 11 is 0. The molecule has 4 aromatic rings. The lowest BCUT2D eigenvalue weighted by atomic mass is 10.1. The van der Waals surface area contributed by atoms with Gasteiger partial charge in [-0.2, -0.15) is 0 Å². The Kier molecular flexibility index (Phi) is 4.51. The average Bonchev–Trinajstić information content (AvgIpc) is 3.35. The smallest absolute Gasteiger partial charge is 0.233 e. The quantitative estimate of drug-likeness (QED) is 0.419. The van der Waals surface area contributed by atoms with Crippen LogP contribution >= 0.6 is 0 Å². The fraction of sp³-hybridized carbons (Fsp3) is 0.150. The molecule has 0 saturated carbocycles. The van der Waals surface area contributed by atoms with Crippen LogP contribution in [0.4, 0.5) is 23.0 Å². The maximum absolute atomic E-state index is 12.0. The number of aromatic nitrogens is 5. The van der Waals surface area contributed by atoms with Crippen LogP contribution in [0, 0.1) is 0 Å². The van der Waals surface area contributed by atoms with Crippen molar-refractivity contribution >= 4 is 50.1 Å². The number of hydrogen-bond acceptors (Lipinski definition) is 8. The summed E-state index contributed by atoms with van der Waals surface area (Å²) in [5, 5.41) is 6.04. The highest BCUT2D eigenvalue weighted by Gasteiger charge is 2.21. The van der Waals surface area contributed by atoms with Crippen molar-refractivity contribution < 1.29 is 13.2 Å². The molecule has 1 aliphatic rings. The highest BCUT2D eigenvalue weighted by molar-refractivity contribution is 7.92. The Morgan fingerprint density at radius 1 is 1.16 bits per heavy atom. The van der Waals surface area contributed by atoms with Gasteiger partial charge in [0.1, 0.15) is 17.7 Å². The van der Waals surface area contributed by atoms with Crippen LogP contribution in [0.3, 0.4) is 0 Å². The molecule has 0 bridgehead atoms. The summed E-state index contributed by atoms with van der Waals surface area (Å²) in [6.45, 7) is 0. The van der Waals surface area contributed by atoms with Crippen LogP contribution in [-0.2, 0) is 21.2 Å². The zero-order chi connectivity index (χ0) is 22.5. The molecule has 0 spiro atoms. The molecule has 0 unspecified atom stereocenters. The standard InChI is InChI=1S/C20H18N8O3S/c1-28(32(2,30)31)20-13(4-3-7-21-20)17-26-16-18(22-10-23-19(16)27-17)24-12-5-6-14-11(8-12)9-15(29)25-14/h3-8,10H,9H2,1-2H3,(H,25,29)(H2,22,23,24,26,27). The summed E-state index contributed by atoms with van der Waals surface area (Å²) in [5.74, 6) is 1.11. The van der Waals surface area contributed by atoms with Crippen LogP contribution in [0.1, 0.15) is 5.56 Å². The molecule has 162 valence electrons. The number of sulfonamides is 1. The molecule has 0 fully saturated rings. The van der Waals surface area contributed by atoms with Gasteiger partial charge in [0, 0.05) is 24.6 Å². The van der Waals surface area contributed by atoms with Crippen molar-refractivity contribution in [3.05, 3.63) is 48.4 Å². The number of rotatable bonds is 5. The van der Waals surface area contributed by atoms with Crippen molar-refractivity contribution in [3.8, 4) is 11.4 Å². The molecule has 3 aromatic heterocycles. The number of pyridine rings is 1. The third kappa shape index (κ3) is 3.50. The number of hydrogen-bond donors (Lipinski definition) is 3. The number of carbonyl (C=O) groups is 1. The maximum Gasteiger partial charge on any atom is 0.233 e. The number of nitrogens with one attached hydrogen (secondary N) is 3. The van der Waals surface area contributed by atoms with Gasteiger partial charge in [0.25, 0.3) is 0 Å². The summed E-state index contributed by atoms with van der Waals surface area (Å²) in [4.78, 5) is 32.1. The van der Waals surface area contributed by atoms with Gasteiger partial charge in [0.05, 0.1) is 18.2 Å². The average molecular weight is 450 g/mol. The number of imidazole rings is 1. The molecule has 4 heterocycles. The molecule has 3 N–H and O–H groups in total. The molecule has 5 rings (SSSR count). The minimum atomic E-state index is -3.51. The van der Waals surface area contributed by atoms with E-state index in [-0.39, 0.29) is 11.7 Å². The summed E-state index contributed by atoms with van der Waals surface area (Å²) in [7, 11) is -2.08. The van der Waals surface area contributed by atoms with E-state index in [0.717, 1.165) is 27.5 Å². The number of H-pyrrole nitrogens is 1. The van der Waals surface area contributed by atoms with E-state index in [1.165, 1.54) is 19.6 Å². The molecule has 12 heteroatoms. The van der Waals surface area contributed by atoms with Gasteiger partial charge in [-0.25, -0.2) is 28.4 Å². The molecule has 1 aliphatic heterocycles. The molecule has 0 saturated heterocycles. The lowest BCUT2D eigenvalue weighted by Gasteiger charge is -2.17. The highest BCUT2D eigenvalue weighted by atomic mass is 32.2. The van der Waals surface area contributed by atoms with E-state index in [4.69, 9.17) is 0 Å². The Morgan fingerprint density at radius 2 is 2.00 bits per heavy atom. The van der Waals surface area contributed by atoms with Crippen LogP contribution < -0.4 is 14.9 Å². The van der Waals surface area contributed by atoms with E-state index in [1.54, 1.807) is 12.1 Å². The van der Waals surface area contributed by atoms with Gasteiger partial charge in [-0.15, -0.1) is 0 Å². The predicted octanol–water partition coefficient (Wildman–Crippen LogP) is 2.05. The first-order chi connectivity index (χ1) is 15.3. The van der Waals surface area contributed by atoms with Gasteiger partial charge in [-0.3, -0.25) is 9.10 Å². The van der Waals surface area contributed by atoms with E-state index in [1.807, 2.05) is 18.2 Å². The fourth-order valence-electron chi connectivity index (χ4n) is 3.48. The van der Waals surface area contributed by atoms with Crippen molar-refractivity contribution in [3.63, 3.8) is 0 Å². The molecule has 0 atom stereocenters. The van der Waals surface area contributed by atoms with Gasteiger partial charge in [0.2, 0.25) is 15.9 Å². The Bertz CT molecular complexity index is 1480. The van der Waals surface area contributed by atoms with E-state index in [0.29, 0.717) is 34.8 Å². The number of aromatic amines is 1. The van der Waals surface area contributed by atoms with Crippen molar-refractivity contribution in [2.24, 2.45) is 0 Å². The Balaban J connectivity index is 1.54. The topological polar surface area (TPSA) is 146 Å². The van der Waals surface area contributed by atoms with Gasteiger partial charge in [-0.1, -0.05) is 0 Å². The molecule has 32 heavy (non-hydrogen) atoms. The summed E-state index contributed by atoms with van der Waals surface area (Å²) in [6.07, 6.45) is 4.34. The molecule has 0 radical (unpaired) electrons. The predicted molar refractivity (Wildman–Crippen MR) is 120 cm³/mol. The monoisotopic (exact) mass is 450 g/mol. The van der Waals surface area contributed by atoms with Crippen LogP contribution in [0.25, 0.3) is 22.6 Å². The second-order valence-corrected chi connectivity index (χ2v) is 9.35. The van der Waals surface area contributed by atoms with E-state index >= 15 is 0 Å². The SMILES string of the molecule is CN(c1ncccc1-c1nc2ncnc(Nc3ccc4c(c3)CC(=O)N4)c2[nH]1)S(C)(=O)=O. The number of nitrogens with zero attached hydrogens (tertiary/aromatic N) is 5. The minimum Gasteiger partial charge on any atom is -0.338 e. The molecular weight excluding hydrogens is 432 g/mol. The summed E-state index contributed by atoms with van der Waals surface area (Å²) in [5.41, 5.74) is 3.93. The number of anilines is 4. The summed E-state index contributed by atoms with van der Waals surface area (Å²) in [6, 6.07) is 9.00. The fourth-order valence-corrected chi connectivity index (χ4v) is 3.94. The van der Waals surface area contributed by atoms with Crippen LogP contribution in [0.2, 0.25) is 0 Å². The zero-order valence-corrected chi connectivity index (χ0v) is 17.9. The van der Waals surface area contributed by atoms with Gasteiger partial charge < -0.3 is 15.6 Å². The zero-order valence-electron chi connectivity index (χ0n) is 17.1. The Morgan fingerprint density at radius 3 is 2.81 bits per heavy atom. The van der Waals surface area contributed by atoms with Crippen LogP contribution in [0.15, 0.2) is 42.9 Å². The number of benzene rings is 1. The number of amides is 1.